The average molecular weight is 259 g/mol. The van der Waals surface area contributed by atoms with E-state index in [1.807, 2.05) is 0 Å². The molecule has 3 fully saturated rings. The smallest absolute Gasteiger partial charge is 0.240 e. The molecule has 0 radical (unpaired) electrons. The molecule has 5 nitrogen and oxygen atoms in total. The standard InChI is InChI=1S/C14H13NO4/c16-8-4-2-1-3-7(8)15-13(17)11-9-5-6-10(19-9)12(11)14(15)18/h1-4,9-12,16H,5-6H2. The SMILES string of the molecule is O=C1C2C3CCC(O3)C2C(=O)N1c1ccccc1O. The Labute approximate surface area is 109 Å². The normalized spacial score (nSPS) is 36.1. The number of carbonyl (C=O) groups is 2. The van der Waals surface area contributed by atoms with Crippen LogP contribution in [0.4, 0.5) is 5.69 Å². The third-order valence-corrected chi connectivity index (χ3v) is 4.41. The van der Waals surface area contributed by atoms with Crippen LogP contribution in [-0.4, -0.2) is 29.1 Å². The summed E-state index contributed by atoms with van der Waals surface area (Å²) in [5.74, 6) is -1.22. The first-order chi connectivity index (χ1) is 9.18. The van der Waals surface area contributed by atoms with Gasteiger partial charge in [0.1, 0.15) is 5.75 Å². The van der Waals surface area contributed by atoms with Gasteiger partial charge in [-0.25, -0.2) is 4.90 Å². The summed E-state index contributed by atoms with van der Waals surface area (Å²) >= 11 is 0. The Hall–Kier alpha value is -1.88. The predicted molar refractivity (Wildman–Crippen MR) is 65.5 cm³/mol. The van der Waals surface area contributed by atoms with Gasteiger partial charge in [-0.3, -0.25) is 9.59 Å². The van der Waals surface area contributed by atoms with E-state index < -0.39 is 0 Å². The van der Waals surface area contributed by atoms with Crippen LogP contribution in [0.2, 0.25) is 0 Å². The zero-order chi connectivity index (χ0) is 13.1. The monoisotopic (exact) mass is 259 g/mol. The quantitative estimate of drug-likeness (QED) is 0.766. The van der Waals surface area contributed by atoms with Crippen molar-refractivity contribution in [1.82, 2.24) is 0 Å². The van der Waals surface area contributed by atoms with Crippen molar-refractivity contribution in [2.45, 2.75) is 25.0 Å². The van der Waals surface area contributed by atoms with E-state index in [1.54, 1.807) is 18.2 Å². The number of amides is 2. The van der Waals surface area contributed by atoms with Crippen molar-refractivity contribution in [2.75, 3.05) is 4.90 Å². The van der Waals surface area contributed by atoms with Crippen molar-refractivity contribution in [3.63, 3.8) is 0 Å². The molecule has 4 rings (SSSR count). The van der Waals surface area contributed by atoms with E-state index in [4.69, 9.17) is 4.74 Å². The lowest BCUT2D eigenvalue weighted by Gasteiger charge is -2.18. The zero-order valence-corrected chi connectivity index (χ0v) is 10.2. The number of phenolic OH excluding ortho intramolecular Hbond substituents is 1. The molecule has 98 valence electrons. The van der Waals surface area contributed by atoms with Crippen molar-refractivity contribution in [3.05, 3.63) is 24.3 Å². The summed E-state index contributed by atoms with van der Waals surface area (Å²) in [6.45, 7) is 0. The first kappa shape index (κ1) is 11.0. The van der Waals surface area contributed by atoms with Crippen molar-refractivity contribution in [2.24, 2.45) is 11.8 Å². The number of carbonyl (C=O) groups excluding carboxylic acids is 2. The minimum absolute atomic E-state index is 0.0440. The Morgan fingerprint density at radius 2 is 1.63 bits per heavy atom. The number of rotatable bonds is 1. The van der Waals surface area contributed by atoms with E-state index in [0.717, 1.165) is 17.7 Å². The summed E-state index contributed by atoms with van der Waals surface area (Å²) in [6, 6.07) is 6.44. The van der Waals surface area contributed by atoms with Crippen molar-refractivity contribution >= 4 is 17.5 Å². The molecule has 1 aromatic rings. The molecule has 2 bridgehead atoms. The maximum atomic E-state index is 12.5. The lowest BCUT2D eigenvalue weighted by molar-refractivity contribution is -0.124. The summed E-state index contributed by atoms with van der Waals surface area (Å²) in [5.41, 5.74) is 0.284. The summed E-state index contributed by atoms with van der Waals surface area (Å²) in [6.07, 6.45) is 1.45. The second-order valence-electron chi connectivity index (χ2n) is 5.34. The highest BCUT2D eigenvalue weighted by Crippen LogP contribution is 2.50. The molecular weight excluding hydrogens is 246 g/mol. The van der Waals surface area contributed by atoms with Gasteiger partial charge in [0.2, 0.25) is 11.8 Å². The van der Waals surface area contributed by atoms with Gasteiger partial charge >= 0.3 is 0 Å². The molecule has 3 aliphatic heterocycles. The van der Waals surface area contributed by atoms with Crippen LogP contribution < -0.4 is 4.90 Å². The lowest BCUT2D eigenvalue weighted by Crippen LogP contribution is -2.34. The van der Waals surface area contributed by atoms with Crippen molar-refractivity contribution in [3.8, 4) is 5.75 Å². The van der Waals surface area contributed by atoms with E-state index in [1.165, 1.54) is 6.07 Å². The summed E-state index contributed by atoms with van der Waals surface area (Å²) in [5, 5.41) is 9.84. The molecule has 4 atom stereocenters. The van der Waals surface area contributed by atoms with Crippen LogP contribution in [0.3, 0.4) is 0 Å². The number of hydrogen-bond acceptors (Lipinski definition) is 4. The van der Waals surface area contributed by atoms with E-state index >= 15 is 0 Å². The van der Waals surface area contributed by atoms with E-state index in [-0.39, 0.29) is 47.3 Å². The summed E-state index contributed by atoms with van der Waals surface area (Å²) < 4.78 is 5.66. The van der Waals surface area contributed by atoms with Crippen molar-refractivity contribution in [1.29, 1.82) is 0 Å². The van der Waals surface area contributed by atoms with Crippen LogP contribution in [0.1, 0.15) is 12.8 Å². The number of imide groups is 1. The molecule has 3 aliphatic rings. The first-order valence-corrected chi connectivity index (χ1v) is 6.50. The topological polar surface area (TPSA) is 66.8 Å². The van der Waals surface area contributed by atoms with Gasteiger partial charge < -0.3 is 9.84 Å². The number of hydrogen-bond donors (Lipinski definition) is 1. The second-order valence-corrected chi connectivity index (χ2v) is 5.34. The molecule has 0 aromatic heterocycles. The molecule has 4 unspecified atom stereocenters. The molecule has 1 N–H and O–H groups in total. The Morgan fingerprint density at radius 3 is 2.21 bits per heavy atom. The fraction of sp³-hybridized carbons (Fsp3) is 0.429. The Morgan fingerprint density at radius 1 is 1.05 bits per heavy atom. The molecule has 1 aromatic carbocycles. The van der Waals surface area contributed by atoms with Gasteiger partial charge in [-0.15, -0.1) is 0 Å². The lowest BCUT2D eigenvalue weighted by atomic mass is 9.81. The number of phenols is 1. The van der Waals surface area contributed by atoms with Gasteiger partial charge in [0.05, 0.1) is 29.7 Å². The van der Waals surface area contributed by atoms with Gasteiger partial charge in [-0.05, 0) is 25.0 Å². The Bertz CT molecular complexity index is 557. The van der Waals surface area contributed by atoms with Crippen LogP contribution in [0, 0.1) is 11.8 Å². The number of nitrogens with zero attached hydrogens (tertiary/aromatic N) is 1. The molecule has 0 saturated carbocycles. The Balaban J connectivity index is 1.78. The minimum Gasteiger partial charge on any atom is -0.506 e. The van der Waals surface area contributed by atoms with E-state index in [9.17, 15) is 14.7 Å². The van der Waals surface area contributed by atoms with Gasteiger partial charge in [0.25, 0.3) is 0 Å². The average Bonchev–Trinajstić information content (AvgIpc) is 3.06. The van der Waals surface area contributed by atoms with Crippen LogP contribution in [0.5, 0.6) is 5.75 Å². The molecule has 5 heteroatoms. The molecule has 19 heavy (non-hydrogen) atoms. The highest BCUT2D eigenvalue weighted by Gasteiger charge is 2.62. The fourth-order valence-electron chi connectivity index (χ4n) is 3.60. The third kappa shape index (κ3) is 1.28. The zero-order valence-electron chi connectivity index (χ0n) is 10.2. The molecule has 3 heterocycles. The number of para-hydroxylation sites is 2. The summed E-state index contributed by atoms with van der Waals surface area (Å²) in [7, 11) is 0. The maximum absolute atomic E-state index is 12.5. The van der Waals surface area contributed by atoms with E-state index in [0.29, 0.717) is 0 Å². The molecule has 0 aliphatic carbocycles. The molecular formula is C14H13NO4. The van der Waals surface area contributed by atoms with Crippen LogP contribution in [0.15, 0.2) is 24.3 Å². The van der Waals surface area contributed by atoms with Crippen LogP contribution in [0.25, 0.3) is 0 Å². The second kappa shape index (κ2) is 3.57. The number of aromatic hydroxyl groups is 1. The molecule has 2 amide bonds. The van der Waals surface area contributed by atoms with E-state index in [2.05, 4.69) is 0 Å². The first-order valence-electron chi connectivity index (χ1n) is 6.50. The third-order valence-electron chi connectivity index (χ3n) is 4.41. The van der Waals surface area contributed by atoms with Gasteiger partial charge in [-0.2, -0.15) is 0 Å². The molecule has 3 saturated heterocycles. The van der Waals surface area contributed by atoms with Gasteiger partial charge in [0, 0.05) is 0 Å². The summed E-state index contributed by atoms with van der Waals surface area (Å²) in [4.78, 5) is 26.0. The number of anilines is 1. The predicted octanol–water partition coefficient (Wildman–Crippen LogP) is 1.06. The van der Waals surface area contributed by atoms with Crippen LogP contribution in [-0.2, 0) is 14.3 Å². The number of fused-ring (bicyclic) bond motifs is 5. The highest BCUT2D eigenvalue weighted by molar-refractivity contribution is 6.23. The fourth-order valence-corrected chi connectivity index (χ4v) is 3.60. The highest BCUT2D eigenvalue weighted by atomic mass is 16.5. The molecule has 0 spiro atoms. The van der Waals surface area contributed by atoms with Crippen molar-refractivity contribution < 1.29 is 19.4 Å². The van der Waals surface area contributed by atoms with Gasteiger partial charge in [0.15, 0.2) is 0 Å². The number of ether oxygens (including phenoxy) is 1. The number of benzene rings is 1. The van der Waals surface area contributed by atoms with Crippen LogP contribution >= 0.6 is 0 Å². The van der Waals surface area contributed by atoms with Gasteiger partial charge in [-0.1, -0.05) is 12.1 Å². The largest absolute Gasteiger partial charge is 0.506 e. The maximum Gasteiger partial charge on any atom is 0.240 e. The minimum atomic E-state index is -0.356. The Kier molecular flexibility index (Phi) is 2.07.